The van der Waals surface area contributed by atoms with Crippen LogP contribution in [0.5, 0.6) is 0 Å². The van der Waals surface area contributed by atoms with Gasteiger partial charge in [0.15, 0.2) is 0 Å². The standard InChI is InChI=1S/C15H20N4O3S/c1-15(2,3)17-11(20)7-18(4)12(21)8-19-9-16-10-5-6-23-13(10)14(19)22/h5-6,9H,7-8H2,1-4H3,(H,17,20). The molecule has 0 unspecified atom stereocenters. The molecule has 0 aliphatic carbocycles. The van der Waals surface area contributed by atoms with E-state index >= 15 is 0 Å². The van der Waals surface area contributed by atoms with Crippen LogP contribution < -0.4 is 10.9 Å². The summed E-state index contributed by atoms with van der Waals surface area (Å²) in [5, 5.41) is 4.57. The largest absolute Gasteiger partial charge is 0.350 e. The molecule has 0 fully saturated rings. The van der Waals surface area contributed by atoms with Crippen LogP contribution in [0.3, 0.4) is 0 Å². The van der Waals surface area contributed by atoms with E-state index in [0.29, 0.717) is 10.2 Å². The van der Waals surface area contributed by atoms with Gasteiger partial charge in [0.25, 0.3) is 5.56 Å². The molecule has 124 valence electrons. The topological polar surface area (TPSA) is 84.3 Å². The van der Waals surface area contributed by atoms with E-state index in [1.165, 1.54) is 34.2 Å². The Hall–Kier alpha value is -2.22. The highest BCUT2D eigenvalue weighted by Gasteiger charge is 2.18. The van der Waals surface area contributed by atoms with Crippen molar-refractivity contribution >= 4 is 33.4 Å². The first-order chi connectivity index (χ1) is 10.7. The lowest BCUT2D eigenvalue weighted by atomic mass is 10.1. The van der Waals surface area contributed by atoms with Crippen molar-refractivity contribution in [1.82, 2.24) is 19.8 Å². The fraction of sp³-hybridized carbons (Fsp3) is 0.467. The maximum Gasteiger partial charge on any atom is 0.271 e. The minimum absolute atomic E-state index is 0.0560. The molecule has 0 saturated carbocycles. The minimum Gasteiger partial charge on any atom is -0.350 e. The van der Waals surface area contributed by atoms with E-state index in [1.807, 2.05) is 20.8 Å². The van der Waals surface area contributed by atoms with Gasteiger partial charge < -0.3 is 10.2 Å². The Morgan fingerprint density at radius 3 is 2.74 bits per heavy atom. The summed E-state index contributed by atoms with van der Waals surface area (Å²) >= 11 is 1.30. The van der Waals surface area contributed by atoms with Crippen molar-refractivity contribution in [3.63, 3.8) is 0 Å². The van der Waals surface area contributed by atoms with Gasteiger partial charge in [-0.05, 0) is 32.2 Å². The molecule has 0 aromatic carbocycles. The van der Waals surface area contributed by atoms with Crippen LogP contribution in [-0.2, 0) is 16.1 Å². The van der Waals surface area contributed by atoms with Crippen LogP contribution in [0.15, 0.2) is 22.6 Å². The summed E-state index contributed by atoms with van der Waals surface area (Å²) in [4.78, 5) is 41.7. The molecule has 2 amide bonds. The molecule has 0 radical (unpaired) electrons. The number of hydrogen-bond donors (Lipinski definition) is 1. The van der Waals surface area contributed by atoms with Crippen LogP contribution in [0, 0.1) is 0 Å². The van der Waals surface area contributed by atoms with E-state index in [0.717, 1.165) is 0 Å². The molecule has 2 aromatic heterocycles. The van der Waals surface area contributed by atoms with Crippen LogP contribution >= 0.6 is 11.3 Å². The lowest BCUT2D eigenvalue weighted by Gasteiger charge is -2.23. The lowest BCUT2D eigenvalue weighted by Crippen LogP contribution is -2.47. The van der Waals surface area contributed by atoms with Gasteiger partial charge in [0.1, 0.15) is 11.2 Å². The molecule has 0 saturated heterocycles. The van der Waals surface area contributed by atoms with Crippen molar-refractivity contribution in [3.8, 4) is 0 Å². The maximum atomic E-state index is 12.2. The SMILES string of the molecule is CN(CC(=O)NC(C)(C)C)C(=O)Cn1cnc2ccsc2c1=O. The maximum absolute atomic E-state index is 12.2. The fourth-order valence-electron chi connectivity index (χ4n) is 2.02. The monoisotopic (exact) mass is 336 g/mol. The van der Waals surface area contributed by atoms with Crippen molar-refractivity contribution in [2.45, 2.75) is 32.9 Å². The number of amides is 2. The second-order valence-corrected chi connectivity index (χ2v) is 7.28. The molecule has 7 nitrogen and oxygen atoms in total. The zero-order valence-electron chi connectivity index (χ0n) is 13.6. The van der Waals surface area contributed by atoms with Crippen molar-refractivity contribution in [2.24, 2.45) is 0 Å². The van der Waals surface area contributed by atoms with E-state index in [1.54, 1.807) is 11.4 Å². The molecular weight excluding hydrogens is 316 g/mol. The van der Waals surface area contributed by atoms with Gasteiger partial charge in [-0.2, -0.15) is 0 Å². The number of rotatable bonds is 4. The summed E-state index contributed by atoms with van der Waals surface area (Å²) in [5.41, 5.74) is 0.0268. The summed E-state index contributed by atoms with van der Waals surface area (Å²) in [6.45, 7) is 5.41. The Kier molecular flexibility index (Phi) is 4.84. The Morgan fingerprint density at radius 1 is 1.39 bits per heavy atom. The third kappa shape index (κ3) is 4.38. The number of carbonyl (C=O) groups excluding carboxylic acids is 2. The van der Waals surface area contributed by atoms with Crippen molar-refractivity contribution < 1.29 is 9.59 Å². The number of nitrogens with one attached hydrogen (secondary N) is 1. The van der Waals surface area contributed by atoms with Gasteiger partial charge in [-0.25, -0.2) is 4.98 Å². The molecule has 2 aromatic rings. The lowest BCUT2D eigenvalue weighted by molar-refractivity contribution is -0.135. The van der Waals surface area contributed by atoms with Gasteiger partial charge >= 0.3 is 0 Å². The van der Waals surface area contributed by atoms with Crippen LogP contribution in [0.25, 0.3) is 10.2 Å². The third-order valence-corrected chi connectivity index (χ3v) is 3.95. The predicted molar refractivity (Wildman–Crippen MR) is 89.4 cm³/mol. The van der Waals surface area contributed by atoms with Crippen LogP contribution in [0.1, 0.15) is 20.8 Å². The molecule has 0 aliphatic rings. The summed E-state index contributed by atoms with van der Waals surface area (Å²) in [5.74, 6) is -0.568. The first-order valence-electron chi connectivity index (χ1n) is 7.15. The molecular formula is C15H20N4O3S. The highest BCUT2D eigenvalue weighted by atomic mass is 32.1. The molecule has 0 atom stereocenters. The second-order valence-electron chi connectivity index (χ2n) is 6.36. The number of likely N-dealkylation sites (N-methyl/N-ethyl adjacent to an activating group) is 1. The van der Waals surface area contributed by atoms with Gasteiger partial charge in [0, 0.05) is 12.6 Å². The highest BCUT2D eigenvalue weighted by molar-refractivity contribution is 7.17. The number of fused-ring (bicyclic) bond motifs is 1. The Morgan fingerprint density at radius 2 is 2.09 bits per heavy atom. The molecule has 2 rings (SSSR count). The first kappa shape index (κ1) is 17.1. The molecule has 0 aliphatic heterocycles. The van der Waals surface area contributed by atoms with Gasteiger partial charge in [-0.1, -0.05) is 0 Å². The van der Waals surface area contributed by atoms with Crippen molar-refractivity contribution in [3.05, 3.63) is 28.1 Å². The molecule has 8 heteroatoms. The smallest absolute Gasteiger partial charge is 0.271 e. The summed E-state index contributed by atoms with van der Waals surface area (Å²) in [6, 6.07) is 1.76. The zero-order valence-corrected chi connectivity index (χ0v) is 14.4. The quantitative estimate of drug-likeness (QED) is 0.896. The molecule has 2 heterocycles. The number of hydrogen-bond acceptors (Lipinski definition) is 5. The van der Waals surface area contributed by atoms with Crippen LogP contribution in [-0.4, -0.2) is 45.4 Å². The fourth-order valence-corrected chi connectivity index (χ4v) is 2.81. The highest BCUT2D eigenvalue weighted by Crippen LogP contribution is 2.13. The molecule has 0 bridgehead atoms. The normalized spacial score (nSPS) is 11.5. The van der Waals surface area contributed by atoms with E-state index in [2.05, 4.69) is 10.3 Å². The molecule has 0 spiro atoms. The summed E-state index contributed by atoms with van der Waals surface area (Å²) in [6.07, 6.45) is 1.36. The Bertz CT molecular complexity index is 788. The van der Waals surface area contributed by atoms with E-state index in [4.69, 9.17) is 0 Å². The number of thiophene rings is 1. The zero-order chi connectivity index (χ0) is 17.2. The Labute approximate surface area is 137 Å². The van der Waals surface area contributed by atoms with Crippen LogP contribution in [0.2, 0.25) is 0 Å². The third-order valence-electron chi connectivity index (χ3n) is 3.06. The van der Waals surface area contributed by atoms with Crippen LogP contribution in [0.4, 0.5) is 0 Å². The summed E-state index contributed by atoms with van der Waals surface area (Å²) in [7, 11) is 1.53. The average Bonchev–Trinajstić information content (AvgIpc) is 2.88. The van der Waals surface area contributed by atoms with E-state index in [9.17, 15) is 14.4 Å². The summed E-state index contributed by atoms with van der Waals surface area (Å²) < 4.78 is 1.78. The van der Waals surface area contributed by atoms with Crippen molar-refractivity contribution in [2.75, 3.05) is 13.6 Å². The van der Waals surface area contributed by atoms with E-state index in [-0.39, 0.29) is 36.0 Å². The second kappa shape index (κ2) is 6.49. The molecule has 23 heavy (non-hydrogen) atoms. The predicted octanol–water partition coefficient (Wildman–Crippen LogP) is 0.831. The number of carbonyl (C=O) groups is 2. The molecule has 1 N–H and O–H groups in total. The van der Waals surface area contributed by atoms with Gasteiger partial charge in [0.2, 0.25) is 11.8 Å². The first-order valence-corrected chi connectivity index (χ1v) is 8.03. The van der Waals surface area contributed by atoms with Gasteiger partial charge in [-0.15, -0.1) is 11.3 Å². The number of aromatic nitrogens is 2. The minimum atomic E-state index is -0.355. The van der Waals surface area contributed by atoms with E-state index < -0.39 is 0 Å². The Balaban J connectivity index is 2.04. The van der Waals surface area contributed by atoms with Gasteiger partial charge in [-0.3, -0.25) is 19.0 Å². The van der Waals surface area contributed by atoms with Crippen molar-refractivity contribution in [1.29, 1.82) is 0 Å². The van der Waals surface area contributed by atoms with Gasteiger partial charge in [0.05, 0.1) is 18.4 Å². The number of nitrogens with zero attached hydrogens (tertiary/aromatic N) is 3. The average molecular weight is 336 g/mol.